The van der Waals surface area contributed by atoms with Gasteiger partial charge in [-0.1, -0.05) is 84.9 Å². The van der Waals surface area contributed by atoms with Crippen LogP contribution in [0.3, 0.4) is 0 Å². The van der Waals surface area contributed by atoms with E-state index in [-0.39, 0.29) is 0 Å². The SMILES string of the molecule is Cc1ccccc1-n1ccc2ccc3c(ccc4c3c3c5ccccc5ccc3n4-c3ccccc3)c21. The Hall–Kier alpha value is -4.82. The Kier molecular flexibility index (Phi) is 4.18. The topological polar surface area (TPSA) is 9.86 Å². The average Bonchev–Trinajstić information content (AvgIpc) is 3.53. The van der Waals surface area contributed by atoms with Crippen molar-refractivity contribution in [3.05, 3.63) is 133 Å². The maximum Gasteiger partial charge on any atom is 0.0607 e. The second kappa shape index (κ2) is 7.59. The first-order valence-corrected chi connectivity index (χ1v) is 12.8. The van der Waals surface area contributed by atoms with E-state index in [0.29, 0.717) is 0 Å². The van der Waals surface area contributed by atoms with E-state index < -0.39 is 0 Å². The Morgan fingerprint density at radius 2 is 1.16 bits per heavy atom. The summed E-state index contributed by atoms with van der Waals surface area (Å²) in [4.78, 5) is 0. The molecule has 0 N–H and O–H groups in total. The van der Waals surface area contributed by atoms with Crippen LogP contribution in [0.5, 0.6) is 0 Å². The van der Waals surface area contributed by atoms with Crippen molar-refractivity contribution < 1.29 is 0 Å². The van der Waals surface area contributed by atoms with Crippen LogP contribution >= 0.6 is 0 Å². The van der Waals surface area contributed by atoms with Gasteiger partial charge in [0.1, 0.15) is 0 Å². The molecule has 2 heterocycles. The molecule has 174 valence electrons. The molecule has 2 heteroatoms. The molecular formula is C35H24N2. The molecule has 0 amide bonds. The average molecular weight is 473 g/mol. The molecule has 0 aliphatic rings. The van der Waals surface area contributed by atoms with Gasteiger partial charge in [-0.05, 0) is 65.0 Å². The lowest BCUT2D eigenvalue weighted by atomic mass is 9.98. The highest BCUT2D eigenvalue weighted by Crippen LogP contribution is 2.42. The largest absolute Gasteiger partial charge is 0.316 e. The lowest BCUT2D eigenvalue weighted by molar-refractivity contribution is 1.11. The molecule has 0 atom stereocenters. The van der Waals surface area contributed by atoms with Gasteiger partial charge < -0.3 is 9.13 Å². The van der Waals surface area contributed by atoms with Crippen LogP contribution in [0, 0.1) is 6.92 Å². The lowest BCUT2D eigenvalue weighted by Crippen LogP contribution is -1.96. The Labute approximate surface area is 214 Å². The standard InChI is InChI=1S/C35H24N2/c1-23-9-5-8-14-30(23)36-22-21-25-15-17-28-29(35(25)36)18-20-32-34(28)33-27-13-7-6-10-24(27)16-19-31(33)37(32)26-11-3-2-4-12-26/h2-22H,1H3. The van der Waals surface area contributed by atoms with Crippen molar-refractivity contribution in [2.45, 2.75) is 6.92 Å². The molecule has 6 aromatic carbocycles. The molecule has 0 aliphatic heterocycles. The molecule has 2 nitrogen and oxygen atoms in total. The van der Waals surface area contributed by atoms with E-state index in [1.807, 2.05) is 0 Å². The Balaban J connectivity index is 1.60. The van der Waals surface area contributed by atoms with E-state index in [0.717, 1.165) is 0 Å². The third kappa shape index (κ3) is 2.81. The van der Waals surface area contributed by atoms with Crippen LogP contribution in [0.15, 0.2) is 128 Å². The first kappa shape index (κ1) is 20.4. The normalized spacial score (nSPS) is 11.9. The van der Waals surface area contributed by atoms with E-state index >= 15 is 0 Å². The zero-order valence-electron chi connectivity index (χ0n) is 20.5. The van der Waals surface area contributed by atoms with Crippen molar-refractivity contribution >= 4 is 54.3 Å². The van der Waals surface area contributed by atoms with Crippen LogP contribution in [0.2, 0.25) is 0 Å². The van der Waals surface area contributed by atoms with Crippen LogP contribution < -0.4 is 0 Å². The first-order valence-electron chi connectivity index (χ1n) is 12.8. The number of nitrogens with zero attached hydrogens (tertiary/aromatic N) is 2. The second-order valence-electron chi connectivity index (χ2n) is 9.88. The van der Waals surface area contributed by atoms with E-state index in [2.05, 4.69) is 144 Å². The molecule has 0 spiro atoms. The first-order chi connectivity index (χ1) is 18.3. The van der Waals surface area contributed by atoms with Crippen molar-refractivity contribution in [3.8, 4) is 11.4 Å². The van der Waals surface area contributed by atoms with Crippen LogP contribution in [-0.4, -0.2) is 9.13 Å². The smallest absolute Gasteiger partial charge is 0.0607 e. The molecule has 0 saturated heterocycles. The predicted molar refractivity (Wildman–Crippen MR) is 157 cm³/mol. The third-order valence-corrected chi connectivity index (χ3v) is 7.85. The summed E-state index contributed by atoms with van der Waals surface area (Å²) in [6.45, 7) is 2.18. The highest BCUT2D eigenvalue weighted by molar-refractivity contribution is 6.30. The number of aromatic nitrogens is 2. The maximum atomic E-state index is 2.42. The second-order valence-corrected chi connectivity index (χ2v) is 9.88. The summed E-state index contributed by atoms with van der Waals surface area (Å²) in [5, 5.41) is 9.01. The zero-order chi connectivity index (χ0) is 24.5. The Morgan fingerprint density at radius 1 is 0.486 bits per heavy atom. The highest BCUT2D eigenvalue weighted by Gasteiger charge is 2.19. The van der Waals surface area contributed by atoms with Gasteiger partial charge in [0.25, 0.3) is 0 Å². The summed E-state index contributed by atoms with van der Waals surface area (Å²) in [5.41, 5.74) is 7.41. The Bertz CT molecular complexity index is 2140. The van der Waals surface area contributed by atoms with Crippen molar-refractivity contribution in [1.82, 2.24) is 9.13 Å². The summed E-state index contributed by atoms with van der Waals surface area (Å²) in [7, 11) is 0. The van der Waals surface area contributed by atoms with Gasteiger partial charge in [-0.3, -0.25) is 0 Å². The number of hydrogen-bond acceptors (Lipinski definition) is 0. The molecular weight excluding hydrogens is 448 g/mol. The van der Waals surface area contributed by atoms with E-state index in [1.165, 1.54) is 71.2 Å². The Morgan fingerprint density at radius 3 is 2.03 bits per heavy atom. The van der Waals surface area contributed by atoms with E-state index in [9.17, 15) is 0 Å². The number of aryl methyl sites for hydroxylation is 1. The summed E-state index contributed by atoms with van der Waals surface area (Å²) in [6, 6.07) is 44.1. The summed E-state index contributed by atoms with van der Waals surface area (Å²) >= 11 is 0. The van der Waals surface area contributed by atoms with Gasteiger partial charge >= 0.3 is 0 Å². The third-order valence-electron chi connectivity index (χ3n) is 7.85. The molecule has 8 aromatic rings. The number of benzene rings is 6. The van der Waals surface area contributed by atoms with Crippen molar-refractivity contribution in [2.75, 3.05) is 0 Å². The molecule has 0 saturated carbocycles. The quantitative estimate of drug-likeness (QED) is 0.237. The molecule has 0 unspecified atom stereocenters. The number of hydrogen-bond donors (Lipinski definition) is 0. The van der Waals surface area contributed by atoms with Crippen molar-refractivity contribution in [1.29, 1.82) is 0 Å². The van der Waals surface area contributed by atoms with Crippen LogP contribution in [0.25, 0.3) is 65.6 Å². The summed E-state index contributed by atoms with van der Waals surface area (Å²) in [6.07, 6.45) is 2.21. The van der Waals surface area contributed by atoms with Crippen molar-refractivity contribution in [2.24, 2.45) is 0 Å². The molecule has 0 aliphatic carbocycles. The molecule has 0 radical (unpaired) electrons. The minimum absolute atomic E-state index is 1.18. The fourth-order valence-electron chi connectivity index (χ4n) is 6.21. The van der Waals surface area contributed by atoms with Crippen LogP contribution in [-0.2, 0) is 0 Å². The van der Waals surface area contributed by atoms with Gasteiger partial charge in [-0.25, -0.2) is 0 Å². The minimum Gasteiger partial charge on any atom is -0.316 e. The van der Waals surface area contributed by atoms with Gasteiger partial charge in [0, 0.05) is 39.1 Å². The van der Waals surface area contributed by atoms with E-state index in [1.54, 1.807) is 0 Å². The van der Waals surface area contributed by atoms with Gasteiger partial charge in [-0.15, -0.1) is 0 Å². The fourth-order valence-corrected chi connectivity index (χ4v) is 6.21. The van der Waals surface area contributed by atoms with Crippen LogP contribution in [0.1, 0.15) is 5.56 Å². The zero-order valence-corrected chi connectivity index (χ0v) is 20.5. The number of para-hydroxylation sites is 2. The predicted octanol–water partition coefficient (Wildman–Crippen LogP) is 9.34. The van der Waals surface area contributed by atoms with Gasteiger partial charge in [0.2, 0.25) is 0 Å². The van der Waals surface area contributed by atoms with Gasteiger partial charge in [0.15, 0.2) is 0 Å². The molecule has 37 heavy (non-hydrogen) atoms. The number of fused-ring (bicyclic) bond motifs is 9. The monoisotopic (exact) mass is 472 g/mol. The van der Waals surface area contributed by atoms with E-state index in [4.69, 9.17) is 0 Å². The van der Waals surface area contributed by atoms with Gasteiger partial charge in [0.05, 0.1) is 16.6 Å². The minimum atomic E-state index is 1.18. The van der Waals surface area contributed by atoms with Crippen molar-refractivity contribution in [3.63, 3.8) is 0 Å². The molecule has 0 fully saturated rings. The lowest BCUT2D eigenvalue weighted by Gasteiger charge is -2.12. The summed E-state index contributed by atoms with van der Waals surface area (Å²) < 4.78 is 4.77. The molecule has 8 rings (SSSR count). The highest BCUT2D eigenvalue weighted by atomic mass is 15.0. The summed E-state index contributed by atoms with van der Waals surface area (Å²) in [5.74, 6) is 0. The number of rotatable bonds is 2. The van der Waals surface area contributed by atoms with Gasteiger partial charge in [-0.2, -0.15) is 0 Å². The van der Waals surface area contributed by atoms with Crippen LogP contribution in [0.4, 0.5) is 0 Å². The maximum absolute atomic E-state index is 2.42. The molecule has 2 aromatic heterocycles. The molecule has 0 bridgehead atoms. The fraction of sp³-hybridized carbons (Fsp3) is 0.0286.